The molecule has 16 heavy (non-hydrogen) atoms. The molecule has 0 aliphatic carbocycles. The van der Waals surface area contributed by atoms with Crippen LogP contribution in [0.25, 0.3) is 10.9 Å². The molecule has 2 nitrogen and oxygen atoms in total. The van der Waals surface area contributed by atoms with Crippen LogP contribution in [-0.4, -0.2) is 9.97 Å². The molecule has 0 N–H and O–H groups in total. The fourth-order valence-corrected chi connectivity index (χ4v) is 1.43. The van der Waals surface area contributed by atoms with Gasteiger partial charge in [0.1, 0.15) is 11.0 Å². The first kappa shape index (κ1) is 11.1. The molecule has 0 radical (unpaired) electrons. The van der Waals surface area contributed by atoms with Crippen molar-refractivity contribution in [1.29, 1.82) is 0 Å². The average Bonchev–Trinajstić information content (AvgIpc) is 2.15. The fourth-order valence-electron chi connectivity index (χ4n) is 1.19. The molecule has 2 aromatic rings. The first-order valence-electron chi connectivity index (χ1n) is 4.08. The lowest BCUT2D eigenvalue weighted by atomic mass is 10.2. The quantitative estimate of drug-likeness (QED) is 0.529. The van der Waals surface area contributed by atoms with E-state index in [2.05, 4.69) is 9.97 Å². The lowest BCUT2D eigenvalue weighted by Crippen LogP contribution is -2.11. The second-order valence-corrected chi connectivity index (χ2v) is 3.36. The summed E-state index contributed by atoms with van der Waals surface area (Å²) >= 11 is 5.55. The van der Waals surface area contributed by atoms with Crippen LogP contribution < -0.4 is 0 Å². The van der Waals surface area contributed by atoms with Crippen LogP contribution in [0.2, 0.25) is 5.15 Å². The Balaban J connectivity index is 2.75. The highest BCUT2D eigenvalue weighted by atomic mass is 35.5. The van der Waals surface area contributed by atoms with Gasteiger partial charge in [-0.15, -0.1) is 0 Å². The van der Waals surface area contributed by atoms with Crippen LogP contribution in [0.1, 0.15) is 5.82 Å². The fraction of sp³-hybridized carbons (Fsp3) is 0.111. The standard InChI is InChI=1S/C9H3ClF4N2/c10-7-5-2-1-4(11)3-6(5)15-8(16-7)9(12,13)14/h1-3H. The Labute approximate surface area is 91.9 Å². The maximum absolute atomic E-state index is 12.8. The zero-order valence-electron chi connectivity index (χ0n) is 7.52. The smallest absolute Gasteiger partial charge is 0.224 e. The van der Waals surface area contributed by atoms with Crippen LogP contribution in [0, 0.1) is 5.82 Å². The molecule has 0 bridgehead atoms. The number of rotatable bonds is 0. The van der Waals surface area contributed by atoms with Crippen molar-refractivity contribution in [3.63, 3.8) is 0 Å². The highest BCUT2D eigenvalue weighted by Crippen LogP contribution is 2.30. The topological polar surface area (TPSA) is 25.8 Å². The van der Waals surface area contributed by atoms with E-state index in [1.165, 1.54) is 6.07 Å². The normalized spacial score (nSPS) is 12.1. The van der Waals surface area contributed by atoms with Crippen LogP contribution >= 0.6 is 11.6 Å². The molecule has 0 amide bonds. The minimum absolute atomic E-state index is 0.174. The molecule has 2 rings (SSSR count). The molecule has 0 atom stereocenters. The minimum Gasteiger partial charge on any atom is -0.224 e. The zero-order valence-corrected chi connectivity index (χ0v) is 8.27. The highest BCUT2D eigenvalue weighted by Gasteiger charge is 2.35. The number of halogens is 5. The van der Waals surface area contributed by atoms with Crippen LogP contribution in [0.3, 0.4) is 0 Å². The summed E-state index contributed by atoms with van der Waals surface area (Å²) in [7, 11) is 0. The SMILES string of the molecule is Fc1ccc2c(Cl)nc(C(F)(F)F)nc2c1. The van der Waals surface area contributed by atoms with E-state index in [1.807, 2.05) is 0 Å². The number of aromatic nitrogens is 2. The van der Waals surface area contributed by atoms with Gasteiger partial charge in [0.05, 0.1) is 5.52 Å². The number of benzene rings is 1. The molecule has 1 heterocycles. The van der Waals surface area contributed by atoms with Gasteiger partial charge in [-0.3, -0.25) is 0 Å². The van der Waals surface area contributed by atoms with E-state index in [4.69, 9.17) is 11.6 Å². The Kier molecular flexibility index (Phi) is 2.46. The summed E-state index contributed by atoms with van der Waals surface area (Å²) in [4.78, 5) is 6.32. The third kappa shape index (κ3) is 1.92. The Morgan fingerprint density at radius 1 is 1.12 bits per heavy atom. The highest BCUT2D eigenvalue weighted by molar-refractivity contribution is 6.34. The maximum Gasteiger partial charge on any atom is 0.451 e. The van der Waals surface area contributed by atoms with Gasteiger partial charge in [0.25, 0.3) is 0 Å². The molecule has 0 spiro atoms. The molecule has 0 saturated heterocycles. The molecule has 0 aliphatic heterocycles. The van der Waals surface area contributed by atoms with Gasteiger partial charge in [-0.2, -0.15) is 13.2 Å². The van der Waals surface area contributed by atoms with E-state index in [0.29, 0.717) is 0 Å². The summed E-state index contributed by atoms with van der Waals surface area (Å²) in [5.41, 5.74) is -0.174. The van der Waals surface area contributed by atoms with Crippen LogP contribution in [0.5, 0.6) is 0 Å². The number of hydrogen-bond acceptors (Lipinski definition) is 2. The van der Waals surface area contributed by atoms with Crippen molar-refractivity contribution in [2.75, 3.05) is 0 Å². The van der Waals surface area contributed by atoms with Gasteiger partial charge >= 0.3 is 6.18 Å². The number of hydrogen-bond donors (Lipinski definition) is 0. The molecule has 0 fully saturated rings. The lowest BCUT2D eigenvalue weighted by molar-refractivity contribution is -0.144. The van der Waals surface area contributed by atoms with Gasteiger partial charge in [-0.25, -0.2) is 14.4 Å². The average molecular weight is 251 g/mol. The summed E-state index contributed by atoms with van der Waals surface area (Å²) in [5.74, 6) is -2.06. The van der Waals surface area contributed by atoms with Crippen molar-refractivity contribution < 1.29 is 17.6 Å². The molecule has 0 aliphatic rings. The second-order valence-electron chi connectivity index (χ2n) is 3.00. The monoisotopic (exact) mass is 250 g/mol. The van der Waals surface area contributed by atoms with Gasteiger partial charge < -0.3 is 0 Å². The largest absolute Gasteiger partial charge is 0.451 e. The second kappa shape index (κ2) is 3.55. The first-order chi connectivity index (χ1) is 7.38. The van der Waals surface area contributed by atoms with Crippen LogP contribution in [0.4, 0.5) is 17.6 Å². The van der Waals surface area contributed by atoms with E-state index in [-0.39, 0.29) is 16.1 Å². The van der Waals surface area contributed by atoms with Crippen LogP contribution in [0.15, 0.2) is 18.2 Å². The number of alkyl halides is 3. The van der Waals surface area contributed by atoms with E-state index in [0.717, 1.165) is 12.1 Å². The summed E-state index contributed by atoms with van der Waals surface area (Å²) in [6.07, 6.45) is -4.70. The molecular formula is C9H3ClF4N2. The third-order valence-corrected chi connectivity index (χ3v) is 2.15. The van der Waals surface area contributed by atoms with Gasteiger partial charge in [0.2, 0.25) is 5.82 Å². The van der Waals surface area contributed by atoms with Crippen molar-refractivity contribution >= 4 is 22.5 Å². The number of nitrogens with zero attached hydrogens (tertiary/aromatic N) is 2. The van der Waals surface area contributed by atoms with Crippen LogP contribution in [-0.2, 0) is 6.18 Å². The summed E-state index contributed by atoms with van der Waals surface area (Å²) in [6.45, 7) is 0. The van der Waals surface area contributed by atoms with E-state index < -0.39 is 17.8 Å². The number of fused-ring (bicyclic) bond motifs is 1. The molecular weight excluding hydrogens is 248 g/mol. The summed E-state index contributed by atoms with van der Waals surface area (Å²) in [5, 5.41) is -0.173. The Morgan fingerprint density at radius 3 is 2.44 bits per heavy atom. The Morgan fingerprint density at radius 2 is 1.81 bits per heavy atom. The van der Waals surface area contributed by atoms with Gasteiger partial charge in [0, 0.05) is 11.5 Å². The molecule has 1 aromatic carbocycles. The minimum atomic E-state index is -4.70. The van der Waals surface area contributed by atoms with E-state index in [9.17, 15) is 17.6 Å². The van der Waals surface area contributed by atoms with Crippen molar-refractivity contribution in [1.82, 2.24) is 9.97 Å². The Bertz CT molecular complexity index is 553. The van der Waals surface area contributed by atoms with Gasteiger partial charge in [0.15, 0.2) is 0 Å². The molecule has 7 heteroatoms. The van der Waals surface area contributed by atoms with Gasteiger partial charge in [-0.1, -0.05) is 11.6 Å². The van der Waals surface area contributed by atoms with E-state index in [1.54, 1.807) is 0 Å². The maximum atomic E-state index is 12.8. The predicted octanol–water partition coefficient (Wildman–Crippen LogP) is 3.44. The summed E-state index contributed by atoms with van der Waals surface area (Å²) < 4.78 is 49.8. The van der Waals surface area contributed by atoms with Crippen molar-refractivity contribution in [3.05, 3.63) is 35.0 Å². The van der Waals surface area contributed by atoms with E-state index >= 15 is 0 Å². The molecule has 0 saturated carbocycles. The lowest BCUT2D eigenvalue weighted by Gasteiger charge is -2.06. The Hall–Kier alpha value is -1.43. The van der Waals surface area contributed by atoms with Crippen molar-refractivity contribution in [3.8, 4) is 0 Å². The van der Waals surface area contributed by atoms with Gasteiger partial charge in [-0.05, 0) is 12.1 Å². The van der Waals surface area contributed by atoms with Crippen molar-refractivity contribution in [2.24, 2.45) is 0 Å². The molecule has 0 unspecified atom stereocenters. The third-order valence-electron chi connectivity index (χ3n) is 1.87. The first-order valence-corrected chi connectivity index (χ1v) is 4.46. The molecule has 84 valence electrons. The van der Waals surface area contributed by atoms with Crippen molar-refractivity contribution in [2.45, 2.75) is 6.18 Å². The molecule has 1 aromatic heterocycles. The zero-order chi connectivity index (χ0) is 11.9. The summed E-state index contributed by atoms with van der Waals surface area (Å²) in [6, 6.07) is 3.18. The predicted molar refractivity (Wildman–Crippen MR) is 49.5 cm³/mol.